The summed E-state index contributed by atoms with van der Waals surface area (Å²) in [5.74, 6) is 0.249. The Hall–Kier alpha value is -2.68. The number of benzene rings is 1. The Kier molecular flexibility index (Phi) is 5.40. The van der Waals surface area contributed by atoms with Crippen LogP contribution in [-0.4, -0.2) is 41.7 Å². The van der Waals surface area contributed by atoms with E-state index in [4.69, 9.17) is 4.98 Å². The number of thiophene rings is 1. The van der Waals surface area contributed by atoms with Crippen LogP contribution in [-0.2, 0) is 4.79 Å². The molecule has 2 aromatic heterocycles. The number of rotatable bonds is 4. The average Bonchev–Trinajstić information content (AvgIpc) is 3.25. The van der Waals surface area contributed by atoms with E-state index in [9.17, 15) is 18.0 Å². The molecule has 29 heavy (non-hydrogen) atoms. The largest absolute Gasteiger partial charge is 0.405 e. The summed E-state index contributed by atoms with van der Waals surface area (Å²) in [4.78, 5) is 24.6. The summed E-state index contributed by atoms with van der Waals surface area (Å²) in [6, 6.07) is 11.5. The van der Waals surface area contributed by atoms with E-state index in [1.165, 1.54) is 0 Å². The van der Waals surface area contributed by atoms with Crippen molar-refractivity contribution in [1.82, 2.24) is 15.3 Å². The maximum atomic E-state index is 12.4. The van der Waals surface area contributed by atoms with Crippen LogP contribution in [0.5, 0.6) is 0 Å². The molecule has 1 amide bonds. The number of amides is 1. The first-order chi connectivity index (χ1) is 13.9. The van der Waals surface area contributed by atoms with Gasteiger partial charge in [-0.2, -0.15) is 13.2 Å². The number of nitrogens with zero attached hydrogens (tertiary/aromatic N) is 3. The number of hydrogen-bond donors (Lipinski definition) is 1. The van der Waals surface area contributed by atoms with Crippen LogP contribution in [0, 0.1) is 5.92 Å². The van der Waals surface area contributed by atoms with E-state index in [2.05, 4.69) is 4.98 Å². The van der Waals surface area contributed by atoms with Crippen molar-refractivity contribution in [2.45, 2.75) is 19.0 Å². The summed E-state index contributed by atoms with van der Waals surface area (Å²) in [7, 11) is 0. The molecule has 1 atom stereocenters. The van der Waals surface area contributed by atoms with Crippen molar-refractivity contribution in [1.29, 1.82) is 0 Å². The zero-order valence-electron chi connectivity index (χ0n) is 15.4. The van der Waals surface area contributed by atoms with Gasteiger partial charge in [0.05, 0.1) is 16.3 Å². The molecular weight excluding hydrogens is 401 g/mol. The number of alkyl halides is 3. The minimum atomic E-state index is -4.41. The molecule has 1 aliphatic heterocycles. The Balaban J connectivity index is 1.62. The third-order valence-corrected chi connectivity index (χ3v) is 5.75. The lowest BCUT2D eigenvalue weighted by Gasteiger charge is -2.33. The summed E-state index contributed by atoms with van der Waals surface area (Å²) in [6.07, 6.45) is -3.15. The molecular formula is C20H19F3N4OS. The van der Waals surface area contributed by atoms with Gasteiger partial charge >= 0.3 is 6.18 Å². The molecule has 5 nitrogen and oxygen atoms in total. The van der Waals surface area contributed by atoms with Gasteiger partial charge in [-0.05, 0) is 36.4 Å². The number of halogens is 3. The summed E-state index contributed by atoms with van der Waals surface area (Å²) in [6.45, 7) is -0.288. The minimum Gasteiger partial charge on any atom is -0.355 e. The van der Waals surface area contributed by atoms with Gasteiger partial charge in [0.1, 0.15) is 12.4 Å². The maximum absolute atomic E-state index is 12.4. The number of nitrogens with one attached hydrogen (secondary N) is 1. The van der Waals surface area contributed by atoms with Crippen molar-refractivity contribution < 1.29 is 18.0 Å². The average molecular weight is 420 g/mol. The van der Waals surface area contributed by atoms with Crippen LogP contribution in [0.3, 0.4) is 0 Å². The lowest BCUT2D eigenvalue weighted by molar-refractivity contribution is -0.140. The van der Waals surface area contributed by atoms with Gasteiger partial charge in [0.25, 0.3) is 0 Å². The van der Waals surface area contributed by atoms with Crippen molar-refractivity contribution in [3.8, 4) is 10.7 Å². The Morgan fingerprint density at radius 1 is 1.21 bits per heavy atom. The van der Waals surface area contributed by atoms with Crippen molar-refractivity contribution in [3.05, 3.63) is 41.8 Å². The van der Waals surface area contributed by atoms with Crippen molar-refractivity contribution in [2.24, 2.45) is 5.92 Å². The molecule has 152 valence electrons. The third-order valence-electron chi connectivity index (χ3n) is 4.88. The van der Waals surface area contributed by atoms with Crippen LogP contribution < -0.4 is 10.2 Å². The maximum Gasteiger partial charge on any atom is 0.405 e. The first kappa shape index (κ1) is 19.6. The van der Waals surface area contributed by atoms with Gasteiger partial charge < -0.3 is 10.2 Å². The molecule has 9 heteroatoms. The van der Waals surface area contributed by atoms with Crippen LogP contribution in [0.4, 0.5) is 19.0 Å². The lowest BCUT2D eigenvalue weighted by atomic mass is 9.96. The fourth-order valence-corrected chi connectivity index (χ4v) is 4.19. The number of piperidine rings is 1. The minimum absolute atomic E-state index is 0.328. The summed E-state index contributed by atoms with van der Waals surface area (Å²) in [5.41, 5.74) is 0.796. The molecule has 1 aromatic carbocycles. The second-order valence-electron chi connectivity index (χ2n) is 6.98. The van der Waals surface area contributed by atoms with Gasteiger partial charge in [-0.25, -0.2) is 9.97 Å². The molecule has 1 unspecified atom stereocenters. The Labute approximate surface area is 169 Å². The van der Waals surface area contributed by atoms with Crippen LogP contribution in [0.1, 0.15) is 12.8 Å². The number of anilines is 1. The monoisotopic (exact) mass is 420 g/mol. The fourth-order valence-electron chi connectivity index (χ4n) is 3.53. The number of fused-ring (bicyclic) bond motifs is 1. The first-order valence-electron chi connectivity index (χ1n) is 9.31. The highest BCUT2D eigenvalue weighted by Gasteiger charge is 2.32. The Bertz CT molecular complexity index is 1010. The van der Waals surface area contributed by atoms with Crippen molar-refractivity contribution in [3.63, 3.8) is 0 Å². The van der Waals surface area contributed by atoms with Crippen LogP contribution in [0.25, 0.3) is 21.6 Å². The zero-order valence-corrected chi connectivity index (χ0v) is 16.3. The molecule has 1 saturated heterocycles. The number of aromatic nitrogens is 2. The second-order valence-corrected chi connectivity index (χ2v) is 7.93. The second kappa shape index (κ2) is 7.98. The summed E-state index contributed by atoms with van der Waals surface area (Å²) < 4.78 is 37.3. The van der Waals surface area contributed by atoms with E-state index in [0.29, 0.717) is 37.6 Å². The third kappa shape index (κ3) is 4.50. The van der Waals surface area contributed by atoms with E-state index in [0.717, 1.165) is 15.8 Å². The normalized spacial score (nSPS) is 17.5. The SMILES string of the molecule is O=C(NCC(F)(F)F)C1CCCN(c2nc(-c3cccs3)nc3ccccc23)C1. The Morgan fingerprint density at radius 3 is 2.79 bits per heavy atom. The van der Waals surface area contributed by atoms with E-state index >= 15 is 0 Å². The van der Waals surface area contributed by atoms with Gasteiger partial charge in [0.15, 0.2) is 5.82 Å². The molecule has 0 bridgehead atoms. The van der Waals surface area contributed by atoms with Gasteiger partial charge in [0, 0.05) is 18.5 Å². The number of carbonyl (C=O) groups is 1. The fraction of sp³-hybridized carbons (Fsp3) is 0.350. The molecule has 0 aliphatic carbocycles. The highest BCUT2D eigenvalue weighted by atomic mass is 32.1. The van der Waals surface area contributed by atoms with Crippen molar-refractivity contribution in [2.75, 3.05) is 24.5 Å². The Morgan fingerprint density at radius 2 is 2.03 bits per heavy atom. The quantitative estimate of drug-likeness (QED) is 0.686. The molecule has 0 spiro atoms. The van der Waals surface area contributed by atoms with Gasteiger partial charge in [-0.3, -0.25) is 4.79 Å². The molecule has 3 heterocycles. The van der Waals surface area contributed by atoms with Crippen molar-refractivity contribution >= 4 is 34.0 Å². The summed E-state index contributed by atoms with van der Waals surface area (Å²) in [5, 5.41) is 4.83. The van der Waals surface area contributed by atoms with E-state index in [1.807, 2.05) is 52.0 Å². The summed E-state index contributed by atoms with van der Waals surface area (Å²) >= 11 is 1.54. The zero-order chi connectivity index (χ0) is 20.4. The number of carbonyl (C=O) groups excluding carboxylic acids is 1. The first-order valence-corrected chi connectivity index (χ1v) is 10.2. The highest BCUT2D eigenvalue weighted by Crippen LogP contribution is 2.32. The molecule has 1 fully saturated rings. The molecule has 4 rings (SSSR count). The number of para-hydroxylation sites is 1. The molecule has 3 aromatic rings. The van der Waals surface area contributed by atoms with Gasteiger partial charge in [-0.15, -0.1) is 11.3 Å². The van der Waals surface area contributed by atoms with Crippen LogP contribution >= 0.6 is 11.3 Å². The standard InChI is InChI=1S/C20H19F3N4OS/c21-20(22,23)12-24-19(28)13-5-3-9-27(11-13)18-14-6-1-2-7-15(14)25-17(26-18)16-8-4-10-29-16/h1-2,4,6-8,10,13H,3,5,9,11-12H2,(H,24,28). The predicted molar refractivity (Wildman–Crippen MR) is 107 cm³/mol. The van der Waals surface area contributed by atoms with E-state index in [1.54, 1.807) is 11.3 Å². The highest BCUT2D eigenvalue weighted by molar-refractivity contribution is 7.13. The lowest BCUT2D eigenvalue weighted by Crippen LogP contribution is -2.45. The molecule has 0 radical (unpaired) electrons. The topological polar surface area (TPSA) is 58.1 Å². The van der Waals surface area contributed by atoms with E-state index < -0.39 is 24.5 Å². The van der Waals surface area contributed by atoms with Crippen LogP contribution in [0.2, 0.25) is 0 Å². The number of hydrogen-bond acceptors (Lipinski definition) is 5. The van der Waals surface area contributed by atoms with Gasteiger partial charge in [0.2, 0.25) is 5.91 Å². The molecule has 0 saturated carbocycles. The molecule has 1 aliphatic rings. The van der Waals surface area contributed by atoms with E-state index in [-0.39, 0.29) is 0 Å². The van der Waals surface area contributed by atoms with Crippen LogP contribution in [0.15, 0.2) is 41.8 Å². The molecule has 1 N–H and O–H groups in total. The van der Waals surface area contributed by atoms with Gasteiger partial charge in [-0.1, -0.05) is 18.2 Å². The predicted octanol–water partition coefficient (Wildman–Crippen LogP) is 4.25. The smallest absolute Gasteiger partial charge is 0.355 e.